The Hall–Kier alpha value is -1.71. The van der Waals surface area contributed by atoms with Gasteiger partial charge in [0.2, 0.25) is 0 Å². The van der Waals surface area contributed by atoms with Crippen LogP contribution < -0.4 is 5.32 Å². The van der Waals surface area contributed by atoms with Crippen molar-refractivity contribution in [1.29, 1.82) is 0 Å². The van der Waals surface area contributed by atoms with Gasteiger partial charge in [-0.15, -0.1) is 11.3 Å². The standard InChI is InChI=1S/C17H18N2S/c1-3-18-17(15-10-9-12(2)20-15)14-8-4-6-13-7-5-11-19-16(13)14/h4-11,17-18H,3H2,1-2H3. The lowest BCUT2D eigenvalue weighted by Gasteiger charge is -2.18. The smallest absolute Gasteiger partial charge is 0.0753 e. The number of thiophene rings is 1. The molecular formula is C17H18N2S. The Morgan fingerprint density at radius 1 is 1.15 bits per heavy atom. The molecule has 0 aliphatic carbocycles. The van der Waals surface area contributed by atoms with Crippen LogP contribution in [0.5, 0.6) is 0 Å². The fourth-order valence-electron chi connectivity index (χ4n) is 2.54. The maximum Gasteiger partial charge on any atom is 0.0753 e. The Morgan fingerprint density at radius 2 is 2.00 bits per heavy atom. The molecule has 102 valence electrons. The molecule has 0 bridgehead atoms. The molecule has 0 amide bonds. The fourth-order valence-corrected chi connectivity index (χ4v) is 3.51. The molecule has 3 aromatic rings. The molecule has 2 nitrogen and oxygen atoms in total. The van der Waals surface area contributed by atoms with E-state index in [2.05, 4.69) is 60.5 Å². The molecule has 3 rings (SSSR count). The van der Waals surface area contributed by atoms with Crippen LogP contribution in [0.1, 0.15) is 28.3 Å². The molecule has 1 aromatic carbocycles. The van der Waals surface area contributed by atoms with Gasteiger partial charge in [0, 0.05) is 26.9 Å². The Bertz CT molecular complexity index is 712. The zero-order chi connectivity index (χ0) is 13.9. The summed E-state index contributed by atoms with van der Waals surface area (Å²) in [4.78, 5) is 7.27. The second-order valence-corrected chi connectivity index (χ2v) is 6.18. The number of hydrogen-bond acceptors (Lipinski definition) is 3. The summed E-state index contributed by atoms with van der Waals surface area (Å²) in [7, 11) is 0. The van der Waals surface area contributed by atoms with Crippen LogP contribution >= 0.6 is 11.3 Å². The van der Waals surface area contributed by atoms with E-state index in [4.69, 9.17) is 0 Å². The SMILES string of the molecule is CCNC(c1ccc(C)s1)c1cccc2cccnc12. The highest BCUT2D eigenvalue weighted by Gasteiger charge is 2.17. The third kappa shape index (κ3) is 2.47. The number of nitrogens with one attached hydrogen (secondary N) is 1. The van der Waals surface area contributed by atoms with Crippen molar-refractivity contribution in [2.24, 2.45) is 0 Å². The first-order chi connectivity index (χ1) is 9.79. The van der Waals surface area contributed by atoms with E-state index < -0.39 is 0 Å². The second kappa shape index (κ2) is 5.73. The summed E-state index contributed by atoms with van der Waals surface area (Å²) in [5, 5.41) is 4.79. The zero-order valence-corrected chi connectivity index (χ0v) is 12.6. The van der Waals surface area contributed by atoms with E-state index >= 15 is 0 Å². The summed E-state index contributed by atoms with van der Waals surface area (Å²) >= 11 is 1.85. The van der Waals surface area contributed by atoms with Gasteiger partial charge in [-0.3, -0.25) is 4.98 Å². The van der Waals surface area contributed by atoms with E-state index in [1.165, 1.54) is 20.7 Å². The highest BCUT2D eigenvalue weighted by Crippen LogP contribution is 2.31. The third-order valence-corrected chi connectivity index (χ3v) is 4.49. The van der Waals surface area contributed by atoms with Crippen LogP contribution in [0, 0.1) is 6.92 Å². The predicted molar refractivity (Wildman–Crippen MR) is 86.3 cm³/mol. The predicted octanol–water partition coefficient (Wildman–Crippen LogP) is 4.30. The highest BCUT2D eigenvalue weighted by atomic mass is 32.1. The van der Waals surface area contributed by atoms with E-state index in [0.29, 0.717) is 0 Å². The average molecular weight is 282 g/mol. The Kier molecular flexibility index (Phi) is 3.81. The molecule has 2 heterocycles. The van der Waals surface area contributed by atoms with Gasteiger partial charge in [-0.25, -0.2) is 0 Å². The van der Waals surface area contributed by atoms with Gasteiger partial charge in [-0.2, -0.15) is 0 Å². The number of nitrogens with zero attached hydrogens (tertiary/aromatic N) is 1. The first-order valence-electron chi connectivity index (χ1n) is 6.93. The number of fused-ring (bicyclic) bond motifs is 1. The van der Waals surface area contributed by atoms with Crippen LogP contribution in [0.3, 0.4) is 0 Å². The van der Waals surface area contributed by atoms with E-state index in [1.807, 2.05) is 23.6 Å². The van der Waals surface area contributed by atoms with Crippen LogP contribution in [0.15, 0.2) is 48.7 Å². The first-order valence-corrected chi connectivity index (χ1v) is 7.74. The zero-order valence-electron chi connectivity index (χ0n) is 11.8. The van der Waals surface area contributed by atoms with Crippen LogP contribution in [-0.2, 0) is 0 Å². The molecule has 1 N–H and O–H groups in total. The quantitative estimate of drug-likeness (QED) is 0.771. The van der Waals surface area contributed by atoms with Crippen LogP contribution in [0.25, 0.3) is 10.9 Å². The second-order valence-electron chi connectivity index (χ2n) is 4.86. The number of benzene rings is 1. The molecule has 1 atom stereocenters. The number of para-hydroxylation sites is 1. The van der Waals surface area contributed by atoms with Crippen LogP contribution in [0.2, 0.25) is 0 Å². The van der Waals surface area contributed by atoms with Crippen molar-refractivity contribution in [3.63, 3.8) is 0 Å². The van der Waals surface area contributed by atoms with Crippen molar-refractivity contribution in [3.8, 4) is 0 Å². The maximum absolute atomic E-state index is 4.58. The van der Waals surface area contributed by atoms with Crippen LogP contribution in [-0.4, -0.2) is 11.5 Å². The minimum atomic E-state index is 0.220. The average Bonchev–Trinajstić information content (AvgIpc) is 2.91. The molecule has 20 heavy (non-hydrogen) atoms. The molecule has 0 fully saturated rings. The molecular weight excluding hydrogens is 264 g/mol. The van der Waals surface area contributed by atoms with Gasteiger partial charge >= 0.3 is 0 Å². The molecule has 0 aliphatic heterocycles. The van der Waals surface area contributed by atoms with Gasteiger partial charge in [0.15, 0.2) is 0 Å². The van der Waals surface area contributed by atoms with Gasteiger partial charge in [-0.05, 0) is 31.7 Å². The normalized spacial score (nSPS) is 12.7. The summed E-state index contributed by atoms with van der Waals surface area (Å²) in [5.74, 6) is 0. The third-order valence-electron chi connectivity index (χ3n) is 3.43. The summed E-state index contributed by atoms with van der Waals surface area (Å²) in [6.45, 7) is 5.23. The molecule has 0 spiro atoms. The van der Waals surface area contributed by atoms with E-state index in [0.717, 1.165) is 12.1 Å². The molecule has 0 aliphatic rings. The Labute approximate surface area is 123 Å². The molecule has 3 heteroatoms. The molecule has 2 aromatic heterocycles. The number of rotatable bonds is 4. The number of pyridine rings is 1. The lowest BCUT2D eigenvalue weighted by Crippen LogP contribution is -2.21. The lowest BCUT2D eigenvalue weighted by atomic mass is 10.0. The molecule has 0 saturated heterocycles. The van der Waals surface area contributed by atoms with Crippen molar-refractivity contribution in [3.05, 3.63) is 64.0 Å². The number of aryl methyl sites for hydroxylation is 1. The summed E-state index contributed by atoms with van der Waals surface area (Å²) < 4.78 is 0. The maximum atomic E-state index is 4.58. The van der Waals surface area contributed by atoms with Gasteiger partial charge in [0.05, 0.1) is 11.6 Å². The summed E-state index contributed by atoms with van der Waals surface area (Å²) in [5.41, 5.74) is 2.35. The fraction of sp³-hybridized carbons (Fsp3) is 0.235. The van der Waals surface area contributed by atoms with Crippen molar-refractivity contribution >= 4 is 22.2 Å². The van der Waals surface area contributed by atoms with Gasteiger partial charge < -0.3 is 5.32 Å². The summed E-state index contributed by atoms with van der Waals surface area (Å²) in [6.07, 6.45) is 1.87. The first kappa shape index (κ1) is 13.3. The van der Waals surface area contributed by atoms with Crippen molar-refractivity contribution in [2.75, 3.05) is 6.54 Å². The van der Waals surface area contributed by atoms with E-state index in [9.17, 15) is 0 Å². The van der Waals surface area contributed by atoms with Crippen molar-refractivity contribution in [2.45, 2.75) is 19.9 Å². The number of hydrogen-bond donors (Lipinski definition) is 1. The molecule has 0 saturated carbocycles. The molecule has 0 radical (unpaired) electrons. The minimum Gasteiger partial charge on any atom is -0.306 e. The Morgan fingerprint density at radius 3 is 2.75 bits per heavy atom. The topological polar surface area (TPSA) is 24.9 Å². The van der Waals surface area contributed by atoms with E-state index in [1.54, 1.807) is 0 Å². The van der Waals surface area contributed by atoms with Crippen molar-refractivity contribution in [1.82, 2.24) is 10.3 Å². The lowest BCUT2D eigenvalue weighted by molar-refractivity contribution is 0.642. The summed E-state index contributed by atoms with van der Waals surface area (Å²) in [6, 6.07) is 15.1. The van der Waals surface area contributed by atoms with Gasteiger partial charge in [0.1, 0.15) is 0 Å². The number of aromatic nitrogens is 1. The largest absolute Gasteiger partial charge is 0.306 e. The Balaban J connectivity index is 2.14. The highest BCUT2D eigenvalue weighted by molar-refractivity contribution is 7.12. The van der Waals surface area contributed by atoms with Gasteiger partial charge in [-0.1, -0.05) is 31.2 Å². The molecule has 1 unspecified atom stereocenters. The monoisotopic (exact) mass is 282 g/mol. The minimum absolute atomic E-state index is 0.220. The van der Waals surface area contributed by atoms with E-state index in [-0.39, 0.29) is 6.04 Å². The van der Waals surface area contributed by atoms with Gasteiger partial charge in [0.25, 0.3) is 0 Å². The van der Waals surface area contributed by atoms with Crippen LogP contribution in [0.4, 0.5) is 0 Å². The van der Waals surface area contributed by atoms with Crippen molar-refractivity contribution < 1.29 is 0 Å².